The lowest BCUT2D eigenvalue weighted by Gasteiger charge is -2.37. The summed E-state index contributed by atoms with van der Waals surface area (Å²) in [5.74, 6) is 0.944. The zero-order valence-corrected chi connectivity index (χ0v) is 23.5. The molecule has 0 atom stereocenters. The van der Waals surface area contributed by atoms with Gasteiger partial charge < -0.3 is 0 Å². The highest BCUT2D eigenvalue weighted by Crippen LogP contribution is 2.44. The molecule has 0 aliphatic heterocycles. The van der Waals surface area contributed by atoms with Crippen LogP contribution in [0.1, 0.15) is 81.3 Å². The Morgan fingerprint density at radius 1 is 0.675 bits per heavy atom. The molecule has 0 amide bonds. The lowest BCUT2D eigenvalue weighted by molar-refractivity contribution is 0.171. The fraction of sp³-hybridized carbons (Fsp3) is 0.405. The van der Waals surface area contributed by atoms with E-state index < -0.39 is 11.6 Å². The van der Waals surface area contributed by atoms with E-state index in [-0.39, 0.29) is 11.4 Å². The van der Waals surface area contributed by atoms with Crippen molar-refractivity contribution in [2.24, 2.45) is 17.8 Å². The highest BCUT2D eigenvalue weighted by Gasteiger charge is 2.31. The van der Waals surface area contributed by atoms with Crippen molar-refractivity contribution >= 4 is 0 Å². The quantitative estimate of drug-likeness (QED) is 0.186. The normalized spacial score (nSPS) is 23.1. The van der Waals surface area contributed by atoms with Crippen LogP contribution in [0, 0.1) is 35.2 Å². The number of halogens is 3. The van der Waals surface area contributed by atoms with E-state index in [1.165, 1.54) is 38.5 Å². The van der Waals surface area contributed by atoms with E-state index in [4.69, 9.17) is 0 Å². The van der Waals surface area contributed by atoms with Crippen LogP contribution < -0.4 is 0 Å². The Hall–Kier alpha value is -3.07. The Labute approximate surface area is 238 Å². The van der Waals surface area contributed by atoms with Gasteiger partial charge in [0.25, 0.3) is 0 Å². The van der Waals surface area contributed by atoms with Gasteiger partial charge in [-0.2, -0.15) is 0 Å². The maximum atomic E-state index is 15.3. The van der Waals surface area contributed by atoms with Crippen LogP contribution in [0.15, 0.2) is 79.9 Å². The van der Waals surface area contributed by atoms with Gasteiger partial charge in [-0.3, -0.25) is 0 Å². The van der Waals surface area contributed by atoms with Crippen LogP contribution in [0.25, 0.3) is 22.3 Å². The van der Waals surface area contributed by atoms with Crippen molar-refractivity contribution in [1.82, 2.24) is 0 Å². The minimum Gasteiger partial charge on any atom is -0.206 e. The van der Waals surface area contributed by atoms with E-state index >= 15 is 4.39 Å². The van der Waals surface area contributed by atoms with Gasteiger partial charge in [-0.25, -0.2) is 13.2 Å². The van der Waals surface area contributed by atoms with Crippen molar-refractivity contribution in [3.05, 3.63) is 108 Å². The van der Waals surface area contributed by atoms with E-state index in [0.717, 1.165) is 48.6 Å². The summed E-state index contributed by atoms with van der Waals surface area (Å²) in [6.07, 6.45) is 15.9. The van der Waals surface area contributed by atoms with Crippen molar-refractivity contribution in [2.75, 3.05) is 0 Å². The SMILES string of the molecule is C=CCCCc1ccc(-c2ccc(-c3ccc(C4CCC(C5CCC(C=C)CC5)CC4)cc3F)cc2)c(F)c1F. The van der Waals surface area contributed by atoms with Gasteiger partial charge in [0, 0.05) is 11.1 Å². The van der Waals surface area contributed by atoms with Crippen LogP contribution in [0.2, 0.25) is 0 Å². The van der Waals surface area contributed by atoms with E-state index in [9.17, 15) is 8.78 Å². The highest BCUT2D eigenvalue weighted by atomic mass is 19.2. The zero-order chi connectivity index (χ0) is 28.1. The van der Waals surface area contributed by atoms with Gasteiger partial charge in [0.15, 0.2) is 11.6 Å². The standard InChI is InChI=1S/C37H41F3/c1-3-5-6-7-31-20-23-34(37(40)36(31)39)30-18-16-29(17-19-30)33-22-21-32(24-35(33)38)28-14-12-27(13-15-28)26-10-8-25(4-2)9-11-26/h3-4,16-28H,1-2,5-15H2. The zero-order valence-electron chi connectivity index (χ0n) is 23.5. The molecule has 0 radical (unpaired) electrons. The molecule has 5 rings (SSSR count). The van der Waals surface area contributed by atoms with Crippen LogP contribution in [-0.2, 0) is 6.42 Å². The molecule has 0 nitrogen and oxygen atoms in total. The first-order valence-corrected chi connectivity index (χ1v) is 15.1. The molecule has 3 aromatic rings. The molecule has 2 fully saturated rings. The predicted octanol–water partition coefficient (Wildman–Crippen LogP) is 11.2. The minimum absolute atomic E-state index is 0.219. The maximum absolute atomic E-state index is 15.3. The third-order valence-corrected chi connectivity index (χ3v) is 9.58. The van der Waals surface area contributed by atoms with Crippen molar-refractivity contribution in [1.29, 1.82) is 0 Å². The molecular weight excluding hydrogens is 501 g/mol. The molecule has 3 heteroatoms. The van der Waals surface area contributed by atoms with Gasteiger partial charge in [-0.05, 0) is 123 Å². The second-order valence-electron chi connectivity index (χ2n) is 11.9. The van der Waals surface area contributed by atoms with Gasteiger partial charge in [-0.15, -0.1) is 13.2 Å². The van der Waals surface area contributed by atoms with Crippen molar-refractivity contribution in [3.63, 3.8) is 0 Å². The molecule has 0 aromatic heterocycles. The van der Waals surface area contributed by atoms with Crippen LogP contribution >= 0.6 is 0 Å². The molecule has 2 aliphatic rings. The fourth-order valence-corrected chi connectivity index (χ4v) is 7.07. The van der Waals surface area contributed by atoms with Crippen LogP contribution in [0.3, 0.4) is 0 Å². The lowest BCUT2D eigenvalue weighted by Crippen LogP contribution is -2.25. The molecule has 0 saturated heterocycles. The van der Waals surface area contributed by atoms with Gasteiger partial charge in [0.05, 0.1) is 0 Å². The first-order valence-electron chi connectivity index (χ1n) is 15.1. The van der Waals surface area contributed by atoms with Crippen LogP contribution in [0.5, 0.6) is 0 Å². The number of unbranched alkanes of at least 4 members (excludes halogenated alkanes) is 1. The second-order valence-corrected chi connectivity index (χ2v) is 11.9. The molecular formula is C37H41F3. The number of hydrogen-bond donors (Lipinski definition) is 0. The molecule has 210 valence electrons. The molecule has 40 heavy (non-hydrogen) atoms. The molecule has 0 heterocycles. The minimum atomic E-state index is -0.835. The van der Waals surface area contributed by atoms with Crippen LogP contribution in [-0.4, -0.2) is 0 Å². The average Bonchev–Trinajstić information content (AvgIpc) is 3.00. The van der Waals surface area contributed by atoms with Crippen LogP contribution in [0.4, 0.5) is 13.2 Å². The summed E-state index contributed by atoms with van der Waals surface area (Å²) in [7, 11) is 0. The number of rotatable bonds is 9. The van der Waals surface area contributed by atoms with Gasteiger partial charge in [-0.1, -0.05) is 60.7 Å². The molecule has 3 aromatic carbocycles. The molecule has 0 unspecified atom stereocenters. The number of aryl methyl sites for hydroxylation is 1. The third kappa shape index (κ3) is 6.29. The summed E-state index contributed by atoms with van der Waals surface area (Å²) >= 11 is 0. The molecule has 2 saturated carbocycles. The first kappa shape index (κ1) is 28.5. The topological polar surface area (TPSA) is 0 Å². The average molecular weight is 543 g/mol. The lowest BCUT2D eigenvalue weighted by atomic mass is 9.68. The van der Waals surface area contributed by atoms with Crippen molar-refractivity contribution in [3.8, 4) is 22.3 Å². The summed E-state index contributed by atoms with van der Waals surface area (Å²) in [6, 6.07) is 16.0. The van der Waals surface area contributed by atoms with Crippen molar-refractivity contribution in [2.45, 2.75) is 76.5 Å². The van der Waals surface area contributed by atoms with Gasteiger partial charge in [0.2, 0.25) is 0 Å². The van der Waals surface area contributed by atoms with Gasteiger partial charge in [0.1, 0.15) is 5.82 Å². The van der Waals surface area contributed by atoms with E-state index in [2.05, 4.69) is 25.3 Å². The molecule has 0 N–H and O–H groups in total. The van der Waals surface area contributed by atoms with Crippen molar-refractivity contribution < 1.29 is 13.2 Å². The fourth-order valence-electron chi connectivity index (χ4n) is 7.07. The van der Waals surface area contributed by atoms with E-state index in [1.54, 1.807) is 48.5 Å². The third-order valence-electron chi connectivity index (χ3n) is 9.58. The Kier molecular flexibility index (Phi) is 9.29. The number of hydrogen-bond acceptors (Lipinski definition) is 0. The Morgan fingerprint density at radius 3 is 1.88 bits per heavy atom. The summed E-state index contributed by atoms with van der Waals surface area (Å²) in [4.78, 5) is 0. The Balaban J connectivity index is 1.23. The summed E-state index contributed by atoms with van der Waals surface area (Å²) in [6.45, 7) is 7.65. The highest BCUT2D eigenvalue weighted by molar-refractivity contribution is 5.71. The first-order chi connectivity index (χ1) is 19.5. The smallest absolute Gasteiger partial charge is 0.166 e. The maximum Gasteiger partial charge on any atom is 0.166 e. The monoisotopic (exact) mass is 542 g/mol. The van der Waals surface area contributed by atoms with E-state index in [1.807, 2.05) is 6.07 Å². The summed E-state index contributed by atoms with van der Waals surface area (Å²) in [5.41, 5.74) is 3.53. The van der Waals surface area contributed by atoms with E-state index in [0.29, 0.717) is 34.9 Å². The summed E-state index contributed by atoms with van der Waals surface area (Å²) in [5, 5.41) is 0. The molecule has 0 spiro atoms. The Morgan fingerprint density at radius 2 is 1.27 bits per heavy atom. The summed E-state index contributed by atoms with van der Waals surface area (Å²) < 4.78 is 44.8. The largest absolute Gasteiger partial charge is 0.206 e. The van der Waals surface area contributed by atoms with Gasteiger partial charge >= 0.3 is 0 Å². The number of benzene rings is 3. The number of allylic oxidation sites excluding steroid dienone is 2. The molecule has 0 bridgehead atoms. The predicted molar refractivity (Wildman–Crippen MR) is 161 cm³/mol. The molecule has 2 aliphatic carbocycles. The Bertz CT molecular complexity index is 1310. The second kappa shape index (κ2) is 13.1.